The minimum absolute atomic E-state index is 0.265. The van der Waals surface area contributed by atoms with Gasteiger partial charge in [0, 0.05) is 19.6 Å². The van der Waals surface area contributed by atoms with E-state index in [1.54, 1.807) is 6.07 Å². The highest BCUT2D eigenvalue weighted by Crippen LogP contribution is 2.35. The maximum Gasteiger partial charge on any atom is 0.123 e. The summed E-state index contributed by atoms with van der Waals surface area (Å²) in [5.74, 6) is -0.265. The van der Waals surface area contributed by atoms with Crippen molar-refractivity contribution >= 4 is 0 Å². The maximum atomic E-state index is 13.5. The molecule has 3 rings (SSSR count). The summed E-state index contributed by atoms with van der Waals surface area (Å²) in [6.07, 6.45) is 1.50. The Hall–Kier alpha value is -2.18. The summed E-state index contributed by atoms with van der Waals surface area (Å²) < 4.78 is 13.5. The fraction of sp³-hybridized carbons (Fsp3) is 0.316. The highest BCUT2D eigenvalue weighted by molar-refractivity contribution is 5.33. The average molecular weight is 294 g/mol. The molecule has 0 amide bonds. The molecule has 1 fully saturated rings. The molecule has 2 aromatic carbocycles. The van der Waals surface area contributed by atoms with Crippen LogP contribution in [0.15, 0.2) is 54.6 Å². The van der Waals surface area contributed by atoms with E-state index in [2.05, 4.69) is 23.1 Å². The lowest BCUT2D eigenvalue weighted by Crippen LogP contribution is -2.41. The highest BCUT2D eigenvalue weighted by Gasteiger charge is 2.36. The Kier molecular flexibility index (Phi) is 4.22. The van der Waals surface area contributed by atoms with E-state index in [0.29, 0.717) is 0 Å². The van der Waals surface area contributed by atoms with Gasteiger partial charge < -0.3 is 0 Å². The summed E-state index contributed by atoms with van der Waals surface area (Å²) in [5.41, 5.74) is 1.56. The fourth-order valence-electron chi connectivity index (χ4n) is 3.19. The molecule has 0 unspecified atom stereocenters. The molecule has 0 atom stereocenters. The van der Waals surface area contributed by atoms with Crippen molar-refractivity contribution in [3.05, 3.63) is 71.5 Å². The van der Waals surface area contributed by atoms with E-state index in [1.807, 2.05) is 24.3 Å². The average Bonchev–Trinajstić information content (AvgIpc) is 2.57. The molecule has 0 radical (unpaired) electrons. The van der Waals surface area contributed by atoms with Crippen LogP contribution in [0.25, 0.3) is 0 Å². The van der Waals surface area contributed by atoms with Crippen LogP contribution >= 0.6 is 0 Å². The summed E-state index contributed by atoms with van der Waals surface area (Å²) in [6, 6.07) is 19.3. The first-order valence-electron chi connectivity index (χ1n) is 7.65. The monoisotopic (exact) mass is 294 g/mol. The van der Waals surface area contributed by atoms with E-state index in [1.165, 1.54) is 17.7 Å². The van der Waals surface area contributed by atoms with Crippen molar-refractivity contribution in [3.63, 3.8) is 0 Å². The topological polar surface area (TPSA) is 27.0 Å². The van der Waals surface area contributed by atoms with E-state index in [-0.39, 0.29) is 5.82 Å². The molecule has 0 aromatic heterocycles. The minimum atomic E-state index is -0.546. The molecular formula is C19H19FN2. The van der Waals surface area contributed by atoms with Crippen molar-refractivity contribution in [2.45, 2.75) is 24.8 Å². The Morgan fingerprint density at radius 3 is 2.41 bits per heavy atom. The van der Waals surface area contributed by atoms with Gasteiger partial charge in [0.15, 0.2) is 0 Å². The third-order valence-electron chi connectivity index (χ3n) is 4.55. The number of likely N-dealkylation sites (tertiary alicyclic amines) is 1. The minimum Gasteiger partial charge on any atom is -0.299 e. The van der Waals surface area contributed by atoms with Crippen LogP contribution in [-0.2, 0) is 12.0 Å². The zero-order valence-corrected chi connectivity index (χ0v) is 12.5. The Bertz CT molecular complexity index is 667. The zero-order valence-electron chi connectivity index (χ0n) is 12.5. The van der Waals surface area contributed by atoms with Gasteiger partial charge in [0.05, 0.1) is 11.5 Å². The molecule has 1 saturated heterocycles. The number of hydrogen-bond acceptors (Lipinski definition) is 2. The normalized spacial score (nSPS) is 17.8. The van der Waals surface area contributed by atoms with Gasteiger partial charge in [0.1, 0.15) is 5.82 Å². The van der Waals surface area contributed by atoms with Crippen molar-refractivity contribution in [1.29, 1.82) is 5.26 Å². The summed E-state index contributed by atoms with van der Waals surface area (Å²) in [6.45, 7) is 2.63. The van der Waals surface area contributed by atoms with Crippen molar-refractivity contribution < 1.29 is 4.39 Å². The number of halogens is 1. The standard InChI is InChI=1S/C19H19FN2/c20-18-8-4-7-17(13-18)19(15-21)9-11-22(12-10-19)14-16-5-2-1-3-6-16/h1-8,13H,9-12,14H2. The number of rotatable bonds is 3. The lowest BCUT2D eigenvalue weighted by atomic mass is 9.74. The second-order valence-electron chi connectivity index (χ2n) is 5.97. The highest BCUT2D eigenvalue weighted by atomic mass is 19.1. The summed E-state index contributed by atoms with van der Waals surface area (Å²) in [4.78, 5) is 2.37. The van der Waals surface area contributed by atoms with Crippen LogP contribution in [0.2, 0.25) is 0 Å². The van der Waals surface area contributed by atoms with Crippen LogP contribution in [0.1, 0.15) is 24.0 Å². The predicted molar refractivity (Wildman–Crippen MR) is 84.6 cm³/mol. The largest absolute Gasteiger partial charge is 0.299 e. The molecule has 0 aliphatic carbocycles. The van der Waals surface area contributed by atoms with Gasteiger partial charge in [-0.1, -0.05) is 42.5 Å². The van der Waals surface area contributed by atoms with Gasteiger partial charge in [-0.05, 0) is 36.1 Å². The molecule has 3 heteroatoms. The van der Waals surface area contributed by atoms with Crippen molar-refractivity contribution in [3.8, 4) is 6.07 Å². The van der Waals surface area contributed by atoms with Crippen LogP contribution in [0.5, 0.6) is 0 Å². The van der Waals surface area contributed by atoms with Gasteiger partial charge >= 0.3 is 0 Å². The Morgan fingerprint density at radius 1 is 1.05 bits per heavy atom. The number of nitriles is 1. The molecule has 0 saturated carbocycles. The van der Waals surface area contributed by atoms with E-state index >= 15 is 0 Å². The molecule has 0 spiro atoms. The Balaban J connectivity index is 1.70. The first-order chi connectivity index (χ1) is 10.7. The van der Waals surface area contributed by atoms with Crippen LogP contribution < -0.4 is 0 Å². The molecule has 2 aromatic rings. The molecule has 1 heterocycles. The molecule has 22 heavy (non-hydrogen) atoms. The lowest BCUT2D eigenvalue weighted by molar-refractivity contribution is 0.179. The third kappa shape index (κ3) is 3.03. The van der Waals surface area contributed by atoms with Gasteiger partial charge in [-0.3, -0.25) is 4.90 Å². The van der Waals surface area contributed by atoms with Crippen LogP contribution in [0, 0.1) is 17.1 Å². The fourth-order valence-corrected chi connectivity index (χ4v) is 3.19. The van der Waals surface area contributed by atoms with Gasteiger partial charge in [0.2, 0.25) is 0 Å². The predicted octanol–water partition coefficient (Wildman–Crippen LogP) is 3.88. The second-order valence-corrected chi connectivity index (χ2v) is 5.97. The summed E-state index contributed by atoms with van der Waals surface area (Å²) in [7, 11) is 0. The number of nitrogens with zero attached hydrogens (tertiary/aromatic N) is 2. The third-order valence-corrected chi connectivity index (χ3v) is 4.55. The molecule has 1 aliphatic rings. The molecule has 2 nitrogen and oxygen atoms in total. The number of hydrogen-bond donors (Lipinski definition) is 0. The second kappa shape index (κ2) is 6.29. The number of piperidine rings is 1. The van der Waals surface area contributed by atoms with E-state index < -0.39 is 5.41 Å². The molecular weight excluding hydrogens is 275 g/mol. The molecule has 0 bridgehead atoms. The maximum absolute atomic E-state index is 13.5. The van der Waals surface area contributed by atoms with E-state index in [9.17, 15) is 9.65 Å². The zero-order chi connectivity index (χ0) is 15.4. The van der Waals surface area contributed by atoms with Crippen molar-refractivity contribution in [2.75, 3.05) is 13.1 Å². The Morgan fingerprint density at radius 2 is 1.77 bits per heavy atom. The quantitative estimate of drug-likeness (QED) is 0.859. The lowest BCUT2D eigenvalue weighted by Gasteiger charge is -2.37. The Labute approximate surface area is 130 Å². The van der Waals surface area contributed by atoms with Crippen LogP contribution in [-0.4, -0.2) is 18.0 Å². The van der Waals surface area contributed by atoms with E-state index in [0.717, 1.165) is 38.0 Å². The number of benzene rings is 2. The molecule has 1 aliphatic heterocycles. The van der Waals surface area contributed by atoms with Gasteiger partial charge in [-0.15, -0.1) is 0 Å². The van der Waals surface area contributed by atoms with Crippen LogP contribution in [0.3, 0.4) is 0 Å². The van der Waals surface area contributed by atoms with Gasteiger partial charge in [0.25, 0.3) is 0 Å². The first kappa shape index (κ1) is 14.7. The van der Waals surface area contributed by atoms with Gasteiger partial charge in [-0.2, -0.15) is 5.26 Å². The van der Waals surface area contributed by atoms with Crippen molar-refractivity contribution in [1.82, 2.24) is 4.90 Å². The molecule has 0 N–H and O–H groups in total. The van der Waals surface area contributed by atoms with Gasteiger partial charge in [-0.25, -0.2) is 4.39 Å². The van der Waals surface area contributed by atoms with Crippen molar-refractivity contribution in [2.24, 2.45) is 0 Å². The van der Waals surface area contributed by atoms with Crippen LogP contribution in [0.4, 0.5) is 4.39 Å². The molecule has 112 valence electrons. The first-order valence-corrected chi connectivity index (χ1v) is 7.65. The SMILES string of the molecule is N#CC1(c2cccc(F)c2)CCN(Cc2ccccc2)CC1. The summed E-state index contributed by atoms with van der Waals surface area (Å²) in [5, 5.41) is 9.67. The summed E-state index contributed by atoms with van der Waals surface area (Å²) >= 11 is 0. The smallest absolute Gasteiger partial charge is 0.123 e. The van der Waals surface area contributed by atoms with E-state index in [4.69, 9.17) is 0 Å².